The SMILES string of the molecule is CNc1cn2ccnc2c(Oc2ccc(Cl)c(F)c2)n1. The number of aromatic nitrogens is 3. The fourth-order valence-corrected chi connectivity index (χ4v) is 1.86. The summed E-state index contributed by atoms with van der Waals surface area (Å²) in [6.07, 6.45) is 5.18. The van der Waals surface area contributed by atoms with Crippen LogP contribution < -0.4 is 10.1 Å². The number of halogens is 2. The van der Waals surface area contributed by atoms with Crippen molar-refractivity contribution < 1.29 is 9.13 Å². The summed E-state index contributed by atoms with van der Waals surface area (Å²) in [5.41, 5.74) is 0.541. The number of rotatable bonds is 3. The highest BCUT2D eigenvalue weighted by Gasteiger charge is 2.10. The number of hydrogen-bond donors (Lipinski definition) is 1. The van der Waals surface area contributed by atoms with Gasteiger partial charge in [-0.2, -0.15) is 4.98 Å². The van der Waals surface area contributed by atoms with E-state index in [9.17, 15) is 4.39 Å². The number of anilines is 1. The fourth-order valence-electron chi connectivity index (χ4n) is 1.74. The minimum atomic E-state index is -0.548. The molecule has 0 spiro atoms. The third-order valence-corrected chi connectivity index (χ3v) is 3.01. The first-order chi connectivity index (χ1) is 9.67. The van der Waals surface area contributed by atoms with E-state index in [1.54, 1.807) is 36.1 Å². The summed E-state index contributed by atoms with van der Waals surface area (Å²) < 4.78 is 20.8. The molecule has 0 atom stereocenters. The van der Waals surface area contributed by atoms with Crippen LogP contribution in [0, 0.1) is 5.82 Å². The molecule has 1 N–H and O–H groups in total. The predicted octanol–water partition coefficient (Wildman–Crippen LogP) is 3.36. The lowest BCUT2D eigenvalue weighted by Gasteiger charge is -2.08. The zero-order valence-corrected chi connectivity index (χ0v) is 11.2. The normalized spacial score (nSPS) is 10.8. The molecule has 0 aliphatic heterocycles. The molecular weight excluding hydrogens is 283 g/mol. The minimum Gasteiger partial charge on any atom is -0.436 e. The number of hydrogen-bond acceptors (Lipinski definition) is 4. The van der Waals surface area contributed by atoms with Gasteiger partial charge in [0.1, 0.15) is 17.4 Å². The molecule has 0 bridgehead atoms. The Hall–Kier alpha value is -2.34. The molecule has 3 aromatic rings. The maximum atomic E-state index is 13.4. The Morgan fingerprint density at radius 1 is 1.40 bits per heavy atom. The van der Waals surface area contributed by atoms with Crippen LogP contribution in [-0.2, 0) is 0 Å². The molecule has 0 amide bonds. The van der Waals surface area contributed by atoms with Gasteiger partial charge in [-0.15, -0.1) is 0 Å². The van der Waals surface area contributed by atoms with Gasteiger partial charge in [0.05, 0.1) is 11.2 Å². The summed E-state index contributed by atoms with van der Waals surface area (Å²) in [4.78, 5) is 8.42. The summed E-state index contributed by atoms with van der Waals surface area (Å²) in [5.74, 6) is 0.648. The van der Waals surface area contributed by atoms with Gasteiger partial charge in [0.15, 0.2) is 0 Å². The van der Waals surface area contributed by atoms with Crippen LogP contribution in [0.4, 0.5) is 10.2 Å². The van der Waals surface area contributed by atoms with Crippen molar-refractivity contribution >= 4 is 23.1 Å². The molecule has 2 heterocycles. The molecule has 20 heavy (non-hydrogen) atoms. The van der Waals surface area contributed by atoms with Crippen molar-refractivity contribution in [3.8, 4) is 11.6 Å². The van der Waals surface area contributed by atoms with Crippen molar-refractivity contribution in [2.45, 2.75) is 0 Å². The van der Waals surface area contributed by atoms with Crippen molar-refractivity contribution in [1.82, 2.24) is 14.4 Å². The van der Waals surface area contributed by atoms with Crippen molar-refractivity contribution in [2.75, 3.05) is 12.4 Å². The van der Waals surface area contributed by atoms with Crippen LogP contribution >= 0.6 is 11.6 Å². The molecule has 1 aromatic carbocycles. The number of ether oxygens (including phenoxy) is 1. The Morgan fingerprint density at radius 3 is 3.00 bits per heavy atom. The summed E-state index contributed by atoms with van der Waals surface area (Å²) in [6.45, 7) is 0. The molecule has 0 unspecified atom stereocenters. The molecule has 0 aliphatic rings. The average molecular weight is 293 g/mol. The van der Waals surface area contributed by atoms with E-state index in [0.29, 0.717) is 17.2 Å². The van der Waals surface area contributed by atoms with E-state index in [4.69, 9.17) is 16.3 Å². The van der Waals surface area contributed by atoms with Gasteiger partial charge < -0.3 is 10.1 Å². The number of nitrogens with zero attached hydrogens (tertiary/aromatic N) is 3. The number of imidazole rings is 1. The van der Waals surface area contributed by atoms with Crippen LogP contribution in [0.15, 0.2) is 36.8 Å². The first-order valence-electron chi connectivity index (χ1n) is 5.82. The summed E-state index contributed by atoms with van der Waals surface area (Å²) in [5, 5.41) is 2.96. The van der Waals surface area contributed by atoms with Gasteiger partial charge in [0.25, 0.3) is 5.88 Å². The van der Waals surface area contributed by atoms with E-state index >= 15 is 0 Å². The number of fused-ring (bicyclic) bond motifs is 1. The van der Waals surface area contributed by atoms with Crippen LogP contribution in [0.25, 0.3) is 5.65 Å². The van der Waals surface area contributed by atoms with Gasteiger partial charge in [-0.1, -0.05) is 11.6 Å². The Balaban J connectivity index is 2.04. The molecule has 0 fully saturated rings. The maximum Gasteiger partial charge on any atom is 0.265 e. The topological polar surface area (TPSA) is 51.5 Å². The Morgan fingerprint density at radius 2 is 2.25 bits per heavy atom. The van der Waals surface area contributed by atoms with Crippen molar-refractivity contribution in [2.24, 2.45) is 0 Å². The highest BCUT2D eigenvalue weighted by Crippen LogP contribution is 2.27. The second kappa shape index (κ2) is 4.97. The van der Waals surface area contributed by atoms with E-state index in [1.165, 1.54) is 12.1 Å². The van der Waals surface area contributed by atoms with Gasteiger partial charge >= 0.3 is 0 Å². The predicted molar refractivity (Wildman–Crippen MR) is 74.0 cm³/mol. The van der Waals surface area contributed by atoms with Gasteiger partial charge in [-0.3, -0.25) is 4.40 Å². The number of nitrogens with one attached hydrogen (secondary N) is 1. The molecule has 0 radical (unpaired) electrons. The zero-order chi connectivity index (χ0) is 14.1. The molecule has 0 saturated carbocycles. The smallest absolute Gasteiger partial charge is 0.265 e. The average Bonchev–Trinajstić information content (AvgIpc) is 2.91. The van der Waals surface area contributed by atoms with Crippen LogP contribution in [0.3, 0.4) is 0 Å². The number of benzene rings is 1. The fraction of sp³-hybridized carbons (Fsp3) is 0.0769. The monoisotopic (exact) mass is 292 g/mol. The summed E-state index contributed by atoms with van der Waals surface area (Å²) >= 11 is 5.64. The van der Waals surface area contributed by atoms with E-state index < -0.39 is 5.82 Å². The van der Waals surface area contributed by atoms with E-state index in [0.717, 1.165) is 0 Å². The third-order valence-electron chi connectivity index (χ3n) is 2.71. The molecular formula is C13H10ClFN4O. The summed E-state index contributed by atoms with van der Waals surface area (Å²) in [7, 11) is 1.75. The lowest BCUT2D eigenvalue weighted by molar-refractivity contribution is 0.461. The van der Waals surface area contributed by atoms with Crippen LogP contribution in [0.5, 0.6) is 11.6 Å². The van der Waals surface area contributed by atoms with Crippen molar-refractivity contribution in [1.29, 1.82) is 0 Å². The highest BCUT2D eigenvalue weighted by molar-refractivity contribution is 6.30. The van der Waals surface area contributed by atoms with Gasteiger partial charge in [0, 0.05) is 25.5 Å². The Labute approximate surface area is 119 Å². The summed E-state index contributed by atoms with van der Waals surface area (Å²) in [6, 6.07) is 4.20. The molecule has 7 heteroatoms. The van der Waals surface area contributed by atoms with Gasteiger partial charge in [0.2, 0.25) is 5.65 Å². The molecule has 3 rings (SSSR count). The quantitative estimate of drug-likeness (QED) is 0.804. The van der Waals surface area contributed by atoms with E-state index in [1.807, 2.05) is 0 Å². The largest absolute Gasteiger partial charge is 0.436 e. The lowest BCUT2D eigenvalue weighted by Crippen LogP contribution is -1.99. The van der Waals surface area contributed by atoms with E-state index in [-0.39, 0.29) is 10.9 Å². The maximum absolute atomic E-state index is 13.4. The molecule has 0 aliphatic carbocycles. The van der Waals surface area contributed by atoms with Crippen molar-refractivity contribution in [3.05, 3.63) is 47.6 Å². The van der Waals surface area contributed by atoms with E-state index in [2.05, 4.69) is 15.3 Å². The Kier molecular flexibility index (Phi) is 3.15. The first-order valence-corrected chi connectivity index (χ1v) is 6.19. The van der Waals surface area contributed by atoms with Crippen LogP contribution in [0.2, 0.25) is 5.02 Å². The van der Waals surface area contributed by atoms with Crippen LogP contribution in [0.1, 0.15) is 0 Å². The van der Waals surface area contributed by atoms with Gasteiger partial charge in [-0.25, -0.2) is 9.37 Å². The van der Waals surface area contributed by atoms with Gasteiger partial charge in [-0.05, 0) is 12.1 Å². The second-order valence-corrected chi connectivity index (χ2v) is 4.42. The third kappa shape index (κ3) is 2.25. The highest BCUT2D eigenvalue weighted by atomic mass is 35.5. The molecule has 0 saturated heterocycles. The molecule has 5 nitrogen and oxygen atoms in total. The first kappa shape index (κ1) is 12.7. The zero-order valence-electron chi connectivity index (χ0n) is 10.5. The standard InChI is InChI=1S/C13H10ClFN4O/c1-16-11-7-19-5-4-17-12(19)13(18-11)20-8-2-3-9(14)10(15)6-8/h2-7,16H,1H3. The molecule has 2 aromatic heterocycles. The second-order valence-electron chi connectivity index (χ2n) is 4.02. The minimum absolute atomic E-state index is 0.0419. The Bertz CT molecular complexity index is 774. The van der Waals surface area contributed by atoms with Crippen molar-refractivity contribution in [3.63, 3.8) is 0 Å². The molecule has 102 valence electrons. The van der Waals surface area contributed by atoms with Crippen LogP contribution in [-0.4, -0.2) is 21.4 Å². The lowest BCUT2D eigenvalue weighted by atomic mass is 10.3.